The number of carbonyl (C=O) groups is 2. The minimum absolute atomic E-state index is 0.00239. The van der Waals surface area contributed by atoms with Crippen molar-refractivity contribution in [2.24, 2.45) is 10.9 Å². The Bertz CT molecular complexity index is 1170. The molecule has 2 aromatic rings. The summed E-state index contributed by atoms with van der Waals surface area (Å²) in [6.07, 6.45) is 2.64. The molecule has 0 saturated carbocycles. The van der Waals surface area contributed by atoms with Gasteiger partial charge < -0.3 is 4.74 Å². The molecule has 1 aliphatic carbocycles. The lowest BCUT2D eigenvalue weighted by molar-refractivity contribution is -0.146. The molecule has 3 atom stereocenters. The van der Waals surface area contributed by atoms with Crippen LogP contribution in [0.25, 0.3) is 0 Å². The Morgan fingerprint density at radius 1 is 1.03 bits per heavy atom. The summed E-state index contributed by atoms with van der Waals surface area (Å²) in [6, 6.07) is 12.8. The molecule has 1 aliphatic heterocycles. The standard InChI is InChI=1S/C27H26Cl3NO3/c1-3-4-11-34-27(33)24-15(2)31-22-13-18(16-5-8-19(28)9-6-16)14-23(32)26(22)25(24)17-7-10-20(29)21(30)12-17/h5-10,12,18,24-25H,3-4,11,13-14H2,1-2H3. The second-order valence-electron chi connectivity index (χ2n) is 8.84. The summed E-state index contributed by atoms with van der Waals surface area (Å²) in [4.78, 5) is 31.6. The highest BCUT2D eigenvalue weighted by molar-refractivity contribution is 6.42. The van der Waals surface area contributed by atoms with Gasteiger partial charge in [-0.3, -0.25) is 14.6 Å². The first-order chi connectivity index (χ1) is 16.3. The highest BCUT2D eigenvalue weighted by Crippen LogP contribution is 2.47. The van der Waals surface area contributed by atoms with Gasteiger partial charge in [-0.2, -0.15) is 0 Å². The van der Waals surface area contributed by atoms with E-state index in [4.69, 9.17) is 44.5 Å². The fraction of sp³-hybridized carbons (Fsp3) is 0.370. The maximum absolute atomic E-state index is 13.6. The van der Waals surface area contributed by atoms with Crippen LogP contribution in [0.1, 0.15) is 62.5 Å². The number of unbranched alkanes of at least 4 members (excludes halogenated alkanes) is 1. The molecular formula is C27H26Cl3NO3. The van der Waals surface area contributed by atoms with Gasteiger partial charge in [0.15, 0.2) is 5.78 Å². The van der Waals surface area contributed by atoms with Gasteiger partial charge in [0.2, 0.25) is 0 Å². The number of hydrogen-bond acceptors (Lipinski definition) is 4. The number of hydrogen-bond donors (Lipinski definition) is 0. The first-order valence-electron chi connectivity index (χ1n) is 11.5. The molecule has 2 aliphatic rings. The highest BCUT2D eigenvalue weighted by Gasteiger charge is 2.44. The number of esters is 1. The number of benzene rings is 2. The molecular weight excluding hydrogens is 493 g/mol. The van der Waals surface area contributed by atoms with Gasteiger partial charge in [0.25, 0.3) is 0 Å². The minimum atomic E-state index is -0.691. The average Bonchev–Trinajstić information content (AvgIpc) is 2.80. The number of aliphatic imine (C=N–C) groups is 1. The van der Waals surface area contributed by atoms with Crippen LogP contribution in [0.15, 0.2) is 58.7 Å². The number of Topliss-reactive ketones (excluding diaryl/α,β-unsaturated/α-hetero) is 1. The Hall–Kier alpha value is -2.14. The van der Waals surface area contributed by atoms with Crippen molar-refractivity contribution in [1.29, 1.82) is 0 Å². The van der Waals surface area contributed by atoms with E-state index in [0.717, 1.165) is 29.7 Å². The second kappa shape index (κ2) is 10.6. The van der Waals surface area contributed by atoms with Crippen LogP contribution >= 0.6 is 34.8 Å². The molecule has 0 aromatic heterocycles. The molecule has 1 heterocycles. The molecule has 4 rings (SSSR count). The van der Waals surface area contributed by atoms with Gasteiger partial charge in [-0.1, -0.05) is 66.3 Å². The van der Waals surface area contributed by atoms with Crippen LogP contribution in [-0.4, -0.2) is 24.1 Å². The number of rotatable bonds is 6. The van der Waals surface area contributed by atoms with E-state index < -0.39 is 11.8 Å². The SMILES string of the molecule is CCCCOC(=O)C1C(C)=NC2=C(C(=O)CC(c3ccc(Cl)cc3)C2)C1c1ccc(Cl)c(Cl)c1. The zero-order valence-corrected chi connectivity index (χ0v) is 21.4. The van der Waals surface area contributed by atoms with Gasteiger partial charge >= 0.3 is 5.97 Å². The van der Waals surface area contributed by atoms with E-state index in [9.17, 15) is 9.59 Å². The number of ketones is 1. The number of ether oxygens (including phenoxy) is 1. The van der Waals surface area contributed by atoms with Gasteiger partial charge in [-0.05, 0) is 61.1 Å². The number of carbonyl (C=O) groups excluding carboxylic acids is 2. The fourth-order valence-corrected chi connectivity index (χ4v) is 5.24. The van der Waals surface area contributed by atoms with Gasteiger partial charge in [-0.25, -0.2) is 0 Å². The van der Waals surface area contributed by atoms with Crippen molar-refractivity contribution >= 4 is 52.3 Å². The highest BCUT2D eigenvalue weighted by atomic mass is 35.5. The third-order valence-electron chi connectivity index (χ3n) is 6.53. The molecule has 0 amide bonds. The predicted molar refractivity (Wildman–Crippen MR) is 137 cm³/mol. The quantitative estimate of drug-likeness (QED) is 0.293. The Morgan fingerprint density at radius 2 is 1.74 bits per heavy atom. The summed E-state index contributed by atoms with van der Waals surface area (Å²) >= 11 is 18.5. The van der Waals surface area contributed by atoms with E-state index in [0.29, 0.717) is 45.8 Å². The molecule has 0 radical (unpaired) electrons. The van der Waals surface area contributed by atoms with Crippen LogP contribution in [0.4, 0.5) is 0 Å². The number of nitrogens with zero attached hydrogens (tertiary/aromatic N) is 1. The molecule has 0 N–H and O–H groups in total. The second-order valence-corrected chi connectivity index (χ2v) is 10.1. The van der Waals surface area contributed by atoms with Gasteiger partial charge in [0.1, 0.15) is 5.92 Å². The maximum atomic E-state index is 13.6. The van der Waals surface area contributed by atoms with Crippen LogP contribution in [0.2, 0.25) is 15.1 Å². The van der Waals surface area contributed by atoms with Crippen molar-refractivity contribution in [2.45, 2.75) is 51.4 Å². The summed E-state index contributed by atoms with van der Waals surface area (Å²) in [7, 11) is 0. The Labute approximate surface area is 215 Å². The maximum Gasteiger partial charge on any atom is 0.315 e. The van der Waals surface area contributed by atoms with E-state index in [1.54, 1.807) is 12.1 Å². The van der Waals surface area contributed by atoms with Crippen molar-refractivity contribution in [1.82, 2.24) is 0 Å². The minimum Gasteiger partial charge on any atom is -0.465 e. The topological polar surface area (TPSA) is 55.7 Å². The molecule has 7 heteroatoms. The number of allylic oxidation sites excluding steroid dienone is 2. The van der Waals surface area contributed by atoms with Crippen LogP contribution in [0.3, 0.4) is 0 Å². The van der Waals surface area contributed by atoms with Gasteiger partial charge in [0.05, 0.1) is 16.7 Å². The predicted octanol–water partition coefficient (Wildman–Crippen LogP) is 7.57. The van der Waals surface area contributed by atoms with Crippen LogP contribution in [0.5, 0.6) is 0 Å². The zero-order valence-electron chi connectivity index (χ0n) is 19.1. The molecule has 0 spiro atoms. The summed E-state index contributed by atoms with van der Waals surface area (Å²) in [5, 5.41) is 1.45. The summed E-state index contributed by atoms with van der Waals surface area (Å²) in [5.41, 5.74) is 3.74. The Kier molecular flexibility index (Phi) is 7.81. The molecule has 0 bridgehead atoms. The summed E-state index contributed by atoms with van der Waals surface area (Å²) in [6.45, 7) is 4.21. The smallest absolute Gasteiger partial charge is 0.315 e. The van der Waals surface area contributed by atoms with Gasteiger partial charge in [-0.15, -0.1) is 0 Å². The van der Waals surface area contributed by atoms with E-state index >= 15 is 0 Å². The molecule has 178 valence electrons. The van der Waals surface area contributed by atoms with Crippen LogP contribution < -0.4 is 0 Å². The van der Waals surface area contributed by atoms with E-state index in [1.807, 2.05) is 44.2 Å². The van der Waals surface area contributed by atoms with E-state index in [2.05, 4.69) is 0 Å². The molecule has 3 unspecified atom stereocenters. The Morgan fingerprint density at radius 3 is 2.41 bits per heavy atom. The van der Waals surface area contributed by atoms with Crippen molar-refractivity contribution in [3.8, 4) is 0 Å². The summed E-state index contributed by atoms with van der Waals surface area (Å²) < 4.78 is 5.59. The lowest BCUT2D eigenvalue weighted by Gasteiger charge is -2.36. The van der Waals surface area contributed by atoms with Crippen LogP contribution in [-0.2, 0) is 14.3 Å². The number of halogens is 3. The zero-order chi connectivity index (χ0) is 24.4. The molecule has 34 heavy (non-hydrogen) atoms. The van der Waals surface area contributed by atoms with E-state index in [1.165, 1.54) is 0 Å². The average molecular weight is 519 g/mol. The third-order valence-corrected chi connectivity index (χ3v) is 7.52. The van der Waals surface area contributed by atoms with Crippen LogP contribution in [0, 0.1) is 5.92 Å². The third kappa shape index (κ3) is 5.10. The Balaban J connectivity index is 1.76. The first kappa shape index (κ1) is 25.0. The first-order valence-corrected chi connectivity index (χ1v) is 12.6. The van der Waals surface area contributed by atoms with Crippen molar-refractivity contribution in [3.05, 3.63) is 79.9 Å². The molecule has 0 fully saturated rings. The lowest BCUT2D eigenvalue weighted by Crippen LogP contribution is -2.38. The molecule has 4 nitrogen and oxygen atoms in total. The lowest BCUT2D eigenvalue weighted by atomic mass is 9.69. The van der Waals surface area contributed by atoms with Crippen molar-refractivity contribution < 1.29 is 14.3 Å². The van der Waals surface area contributed by atoms with Crippen molar-refractivity contribution in [2.75, 3.05) is 6.61 Å². The van der Waals surface area contributed by atoms with E-state index in [-0.39, 0.29) is 17.7 Å². The van der Waals surface area contributed by atoms with Crippen molar-refractivity contribution in [3.63, 3.8) is 0 Å². The largest absolute Gasteiger partial charge is 0.465 e. The normalized spacial score (nSPS) is 22.3. The van der Waals surface area contributed by atoms with Gasteiger partial charge in [0, 0.05) is 34.3 Å². The monoisotopic (exact) mass is 517 g/mol. The summed E-state index contributed by atoms with van der Waals surface area (Å²) in [5.74, 6) is -1.59. The fourth-order valence-electron chi connectivity index (χ4n) is 4.81. The molecule has 0 saturated heterocycles. The molecule has 2 aromatic carbocycles.